The van der Waals surface area contributed by atoms with E-state index in [2.05, 4.69) is 28.6 Å². The Morgan fingerprint density at radius 1 is 1.32 bits per heavy atom. The zero-order valence-electron chi connectivity index (χ0n) is 12.1. The van der Waals surface area contributed by atoms with Gasteiger partial charge in [0.1, 0.15) is 0 Å². The van der Waals surface area contributed by atoms with Crippen molar-refractivity contribution < 1.29 is 0 Å². The van der Waals surface area contributed by atoms with Crippen molar-refractivity contribution in [1.29, 1.82) is 0 Å². The van der Waals surface area contributed by atoms with Crippen molar-refractivity contribution in [2.45, 2.75) is 44.6 Å². The van der Waals surface area contributed by atoms with Gasteiger partial charge in [-0.3, -0.25) is 4.68 Å². The lowest BCUT2D eigenvalue weighted by atomic mass is 9.93. The van der Waals surface area contributed by atoms with Gasteiger partial charge in [-0.1, -0.05) is 0 Å². The second kappa shape index (κ2) is 6.06. The highest BCUT2D eigenvalue weighted by Gasteiger charge is 2.22. The Hall–Kier alpha value is -0.870. The lowest BCUT2D eigenvalue weighted by molar-refractivity contribution is 0.325. The third kappa shape index (κ3) is 3.00. The molecular weight excluding hydrogens is 236 g/mol. The molecule has 0 radical (unpaired) electrons. The smallest absolute Gasteiger partial charge is 0.0540 e. The lowest BCUT2D eigenvalue weighted by Gasteiger charge is -2.24. The van der Waals surface area contributed by atoms with E-state index in [4.69, 9.17) is 0 Å². The van der Waals surface area contributed by atoms with Gasteiger partial charge < -0.3 is 10.2 Å². The third-order valence-corrected chi connectivity index (χ3v) is 4.62. The predicted octanol–water partition coefficient (Wildman–Crippen LogP) is 1.87. The summed E-state index contributed by atoms with van der Waals surface area (Å²) in [7, 11) is 2.06. The average Bonchev–Trinajstić information content (AvgIpc) is 3.06. The number of hydrogen-bond donors (Lipinski definition) is 1. The maximum atomic E-state index is 4.41. The summed E-state index contributed by atoms with van der Waals surface area (Å²) < 4.78 is 2.05. The van der Waals surface area contributed by atoms with Crippen LogP contribution in [0.5, 0.6) is 0 Å². The van der Waals surface area contributed by atoms with Crippen molar-refractivity contribution in [2.75, 3.05) is 26.2 Å². The van der Waals surface area contributed by atoms with Crippen molar-refractivity contribution in [1.82, 2.24) is 20.0 Å². The molecule has 1 aliphatic carbocycles. The molecule has 4 heteroatoms. The molecule has 2 heterocycles. The molecule has 1 atom stereocenters. The van der Waals surface area contributed by atoms with Crippen LogP contribution in [-0.2, 0) is 13.5 Å². The summed E-state index contributed by atoms with van der Waals surface area (Å²) in [6.45, 7) is 5.03. The average molecular weight is 262 g/mol. The van der Waals surface area contributed by atoms with Crippen LogP contribution >= 0.6 is 0 Å². The third-order valence-electron chi connectivity index (χ3n) is 4.62. The van der Waals surface area contributed by atoms with Gasteiger partial charge in [0.05, 0.1) is 6.20 Å². The molecule has 0 saturated carbocycles. The van der Waals surface area contributed by atoms with Gasteiger partial charge in [-0.15, -0.1) is 0 Å². The largest absolute Gasteiger partial charge is 0.310 e. The first-order valence-electron chi connectivity index (χ1n) is 7.81. The fraction of sp³-hybridized carbons (Fsp3) is 0.800. The Balaban J connectivity index is 1.45. The first kappa shape index (κ1) is 13.1. The van der Waals surface area contributed by atoms with Crippen molar-refractivity contribution in [3.05, 3.63) is 17.5 Å². The maximum Gasteiger partial charge on any atom is 0.0540 e. The molecule has 0 aromatic carbocycles. The van der Waals surface area contributed by atoms with Gasteiger partial charge in [0.2, 0.25) is 0 Å². The number of nitrogens with one attached hydrogen (secondary N) is 1. The molecule has 1 fully saturated rings. The predicted molar refractivity (Wildman–Crippen MR) is 77.2 cm³/mol. The minimum atomic E-state index is 0.538. The Morgan fingerprint density at radius 3 is 3.00 bits per heavy atom. The summed E-state index contributed by atoms with van der Waals surface area (Å²) in [5.74, 6) is 0. The van der Waals surface area contributed by atoms with Gasteiger partial charge in [0.25, 0.3) is 0 Å². The van der Waals surface area contributed by atoms with E-state index < -0.39 is 0 Å². The normalized spacial score (nSPS) is 23.7. The van der Waals surface area contributed by atoms with Crippen LogP contribution in [0.2, 0.25) is 0 Å². The number of fused-ring (bicyclic) bond motifs is 1. The quantitative estimate of drug-likeness (QED) is 0.822. The minimum Gasteiger partial charge on any atom is -0.310 e. The van der Waals surface area contributed by atoms with E-state index in [1.165, 1.54) is 69.4 Å². The SMILES string of the molecule is Cn1ncc2c1CCCC2NCCCN1CCCC1. The van der Waals surface area contributed by atoms with Gasteiger partial charge in [-0.05, 0) is 64.7 Å². The van der Waals surface area contributed by atoms with E-state index in [1.807, 2.05) is 4.68 Å². The standard InChI is InChI=1S/C15H26N4/c1-18-15-7-4-6-14(13(15)12-17-18)16-8-5-11-19-9-2-3-10-19/h12,14,16H,2-11H2,1H3. The zero-order chi connectivity index (χ0) is 13.1. The first-order chi connectivity index (χ1) is 9.34. The van der Waals surface area contributed by atoms with Gasteiger partial charge in [-0.25, -0.2) is 0 Å². The summed E-state index contributed by atoms with van der Waals surface area (Å²) in [4.78, 5) is 2.60. The van der Waals surface area contributed by atoms with Crippen molar-refractivity contribution in [3.8, 4) is 0 Å². The summed E-state index contributed by atoms with van der Waals surface area (Å²) in [6, 6.07) is 0.538. The number of likely N-dealkylation sites (tertiary alicyclic amines) is 1. The number of hydrogen-bond acceptors (Lipinski definition) is 3. The highest BCUT2D eigenvalue weighted by Crippen LogP contribution is 2.28. The van der Waals surface area contributed by atoms with Crippen LogP contribution in [0.1, 0.15) is 49.4 Å². The van der Waals surface area contributed by atoms with Crippen LogP contribution in [0.3, 0.4) is 0 Å². The van der Waals surface area contributed by atoms with Crippen LogP contribution < -0.4 is 5.32 Å². The van der Waals surface area contributed by atoms with Crippen LogP contribution in [0.25, 0.3) is 0 Å². The van der Waals surface area contributed by atoms with Crippen LogP contribution in [-0.4, -0.2) is 40.9 Å². The van der Waals surface area contributed by atoms with E-state index in [9.17, 15) is 0 Å². The number of rotatable bonds is 5. The summed E-state index contributed by atoms with van der Waals surface area (Å²) in [5, 5.41) is 8.14. The number of nitrogens with zero attached hydrogens (tertiary/aromatic N) is 3. The molecule has 3 rings (SSSR count). The van der Waals surface area contributed by atoms with E-state index in [1.54, 1.807) is 0 Å². The molecule has 0 spiro atoms. The monoisotopic (exact) mass is 262 g/mol. The first-order valence-corrected chi connectivity index (χ1v) is 7.81. The molecule has 0 amide bonds. The minimum absolute atomic E-state index is 0.538. The van der Waals surface area contributed by atoms with E-state index in [0.29, 0.717) is 6.04 Å². The molecule has 1 aromatic rings. The van der Waals surface area contributed by atoms with Crippen LogP contribution in [0, 0.1) is 0 Å². The Bertz CT molecular complexity index is 406. The number of aromatic nitrogens is 2. The molecule has 1 aromatic heterocycles. The molecule has 1 N–H and O–H groups in total. The highest BCUT2D eigenvalue weighted by molar-refractivity contribution is 5.24. The molecule has 4 nitrogen and oxygen atoms in total. The van der Waals surface area contributed by atoms with Gasteiger partial charge in [0, 0.05) is 24.3 Å². The molecule has 0 bridgehead atoms. The topological polar surface area (TPSA) is 33.1 Å². The fourth-order valence-electron chi connectivity index (χ4n) is 3.50. The summed E-state index contributed by atoms with van der Waals surface area (Å²) in [5.41, 5.74) is 2.87. The Morgan fingerprint density at radius 2 is 2.16 bits per heavy atom. The van der Waals surface area contributed by atoms with Gasteiger partial charge >= 0.3 is 0 Å². The van der Waals surface area contributed by atoms with E-state index in [-0.39, 0.29) is 0 Å². The molecule has 19 heavy (non-hydrogen) atoms. The summed E-state index contributed by atoms with van der Waals surface area (Å²) in [6.07, 6.45) is 9.87. The van der Waals surface area contributed by atoms with Crippen LogP contribution in [0.4, 0.5) is 0 Å². The summed E-state index contributed by atoms with van der Waals surface area (Å²) >= 11 is 0. The van der Waals surface area contributed by atoms with Crippen LogP contribution in [0.15, 0.2) is 6.20 Å². The van der Waals surface area contributed by atoms with E-state index >= 15 is 0 Å². The Kier molecular flexibility index (Phi) is 4.18. The molecule has 1 saturated heterocycles. The second-order valence-electron chi connectivity index (χ2n) is 5.97. The van der Waals surface area contributed by atoms with Crippen molar-refractivity contribution >= 4 is 0 Å². The van der Waals surface area contributed by atoms with E-state index in [0.717, 1.165) is 6.54 Å². The van der Waals surface area contributed by atoms with Gasteiger partial charge in [-0.2, -0.15) is 5.10 Å². The second-order valence-corrected chi connectivity index (χ2v) is 5.97. The molecule has 1 unspecified atom stereocenters. The lowest BCUT2D eigenvalue weighted by Crippen LogP contribution is -2.29. The molecular formula is C15H26N4. The van der Waals surface area contributed by atoms with Crippen molar-refractivity contribution in [2.24, 2.45) is 7.05 Å². The number of aryl methyl sites for hydroxylation is 1. The highest BCUT2D eigenvalue weighted by atomic mass is 15.3. The molecule has 2 aliphatic rings. The zero-order valence-corrected chi connectivity index (χ0v) is 12.1. The molecule has 106 valence electrons. The fourth-order valence-corrected chi connectivity index (χ4v) is 3.50. The van der Waals surface area contributed by atoms with Crippen molar-refractivity contribution in [3.63, 3.8) is 0 Å². The maximum absolute atomic E-state index is 4.41. The molecule has 1 aliphatic heterocycles. The van der Waals surface area contributed by atoms with Gasteiger partial charge in [0.15, 0.2) is 0 Å². The Labute approximate surface area is 116 Å².